The second-order valence-electron chi connectivity index (χ2n) is 6.38. The molecule has 2 aliphatic heterocycles. The summed E-state index contributed by atoms with van der Waals surface area (Å²) in [5, 5.41) is 0. The zero-order chi connectivity index (χ0) is 13.2. The lowest BCUT2D eigenvalue weighted by molar-refractivity contribution is 0.133. The first kappa shape index (κ1) is 13.0. The Hall–Kier alpha value is -1.02. The fraction of sp³-hybridized carbons (Fsp3) is 0.647. The minimum atomic E-state index is 0.621. The third kappa shape index (κ3) is 2.79. The van der Waals surface area contributed by atoms with Gasteiger partial charge in [-0.25, -0.2) is 0 Å². The van der Waals surface area contributed by atoms with E-state index < -0.39 is 0 Å². The van der Waals surface area contributed by atoms with Gasteiger partial charge in [-0.3, -0.25) is 4.90 Å². The molecular formula is C17H26N2. The van der Waals surface area contributed by atoms with E-state index >= 15 is 0 Å². The number of anilines is 1. The van der Waals surface area contributed by atoms with E-state index in [0.29, 0.717) is 5.92 Å². The van der Waals surface area contributed by atoms with Crippen LogP contribution in [0.15, 0.2) is 24.3 Å². The van der Waals surface area contributed by atoms with E-state index in [1.54, 1.807) is 0 Å². The van der Waals surface area contributed by atoms with Gasteiger partial charge in [0, 0.05) is 31.4 Å². The third-order valence-electron chi connectivity index (χ3n) is 4.74. The molecule has 0 aliphatic carbocycles. The predicted molar refractivity (Wildman–Crippen MR) is 82.0 cm³/mol. The quantitative estimate of drug-likeness (QED) is 0.801. The molecule has 0 radical (unpaired) electrons. The molecule has 1 aromatic carbocycles. The summed E-state index contributed by atoms with van der Waals surface area (Å²) < 4.78 is 0. The maximum Gasteiger partial charge on any atom is 0.0370 e. The lowest BCUT2D eigenvalue weighted by atomic mass is 9.98. The maximum atomic E-state index is 2.70. The summed E-state index contributed by atoms with van der Waals surface area (Å²) >= 11 is 0. The van der Waals surface area contributed by atoms with E-state index in [-0.39, 0.29) is 0 Å². The fourth-order valence-electron chi connectivity index (χ4n) is 3.47. The molecule has 0 N–H and O–H groups in total. The van der Waals surface area contributed by atoms with E-state index in [4.69, 9.17) is 0 Å². The second-order valence-corrected chi connectivity index (χ2v) is 6.38. The first-order valence-electron chi connectivity index (χ1n) is 7.83. The molecule has 2 saturated heterocycles. The predicted octanol–water partition coefficient (Wildman–Crippen LogP) is 3.48. The number of piperidine rings is 1. The molecule has 1 atom stereocenters. The Morgan fingerprint density at radius 3 is 2.84 bits per heavy atom. The molecule has 3 rings (SSSR count). The van der Waals surface area contributed by atoms with Gasteiger partial charge >= 0.3 is 0 Å². The van der Waals surface area contributed by atoms with Crippen molar-refractivity contribution in [1.29, 1.82) is 0 Å². The van der Waals surface area contributed by atoms with Gasteiger partial charge in [0.25, 0.3) is 0 Å². The molecule has 1 aromatic rings. The molecule has 19 heavy (non-hydrogen) atoms. The zero-order valence-electron chi connectivity index (χ0n) is 12.3. The number of hydrogen-bond donors (Lipinski definition) is 0. The van der Waals surface area contributed by atoms with Crippen molar-refractivity contribution in [3.8, 4) is 0 Å². The van der Waals surface area contributed by atoms with Gasteiger partial charge in [-0.2, -0.15) is 0 Å². The lowest BCUT2D eigenvalue weighted by Crippen LogP contribution is -2.54. The third-order valence-corrected chi connectivity index (χ3v) is 4.74. The first-order valence-corrected chi connectivity index (χ1v) is 7.83. The van der Waals surface area contributed by atoms with Crippen molar-refractivity contribution in [2.75, 3.05) is 31.1 Å². The van der Waals surface area contributed by atoms with Crippen molar-refractivity contribution in [1.82, 2.24) is 4.90 Å². The summed E-state index contributed by atoms with van der Waals surface area (Å²) in [7, 11) is 0. The molecule has 2 nitrogen and oxygen atoms in total. The Morgan fingerprint density at radius 1 is 1.11 bits per heavy atom. The number of nitrogens with zero attached hydrogens (tertiary/aromatic N) is 2. The standard InChI is InChI=1S/C17H26N2/c1-14(2)15-6-5-8-16(12-15)19-11-10-18-9-4-3-7-17(18)13-19/h5-6,8,12,14,17H,3-4,7,9-11,13H2,1-2H3. The van der Waals surface area contributed by atoms with E-state index in [2.05, 4.69) is 47.9 Å². The van der Waals surface area contributed by atoms with Crippen LogP contribution in [0.2, 0.25) is 0 Å². The van der Waals surface area contributed by atoms with E-state index in [1.807, 2.05) is 0 Å². The van der Waals surface area contributed by atoms with Crippen molar-refractivity contribution in [3.05, 3.63) is 29.8 Å². The van der Waals surface area contributed by atoms with Gasteiger partial charge in [0.1, 0.15) is 0 Å². The summed E-state index contributed by atoms with van der Waals surface area (Å²) in [5.74, 6) is 0.621. The Bertz CT molecular complexity index is 427. The smallest absolute Gasteiger partial charge is 0.0370 e. The Kier molecular flexibility index (Phi) is 3.79. The number of hydrogen-bond acceptors (Lipinski definition) is 2. The molecule has 0 amide bonds. The normalized spacial score (nSPS) is 24.6. The van der Waals surface area contributed by atoms with Crippen molar-refractivity contribution in [2.45, 2.75) is 45.1 Å². The zero-order valence-corrected chi connectivity index (χ0v) is 12.3. The molecule has 0 bridgehead atoms. The van der Waals surface area contributed by atoms with Crippen LogP contribution in [0.4, 0.5) is 5.69 Å². The average Bonchev–Trinajstić information content (AvgIpc) is 2.47. The SMILES string of the molecule is CC(C)c1cccc(N2CCN3CCCCC3C2)c1. The highest BCUT2D eigenvalue weighted by molar-refractivity contribution is 5.50. The van der Waals surface area contributed by atoms with Gasteiger partial charge in [0.05, 0.1) is 0 Å². The Labute approximate surface area is 117 Å². The number of piperazine rings is 1. The molecule has 0 spiro atoms. The van der Waals surface area contributed by atoms with E-state index in [1.165, 1.54) is 56.7 Å². The summed E-state index contributed by atoms with van der Waals surface area (Å²) in [4.78, 5) is 5.30. The van der Waals surface area contributed by atoms with Crippen LogP contribution in [-0.2, 0) is 0 Å². The molecule has 2 heteroatoms. The van der Waals surface area contributed by atoms with Crippen LogP contribution in [0.25, 0.3) is 0 Å². The molecule has 1 unspecified atom stereocenters. The van der Waals surface area contributed by atoms with Gasteiger partial charge in [-0.05, 0) is 43.0 Å². The van der Waals surface area contributed by atoms with E-state index in [9.17, 15) is 0 Å². The summed E-state index contributed by atoms with van der Waals surface area (Å²) in [6, 6.07) is 9.95. The van der Waals surface area contributed by atoms with Crippen molar-refractivity contribution < 1.29 is 0 Å². The van der Waals surface area contributed by atoms with Crippen molar-refractivity contribution >= 4 is 5.69 Å². The molecule has 104 valence electrons. The second kappa shape index (κ2) is 5.54. The van der Waals surface area contributed by atoms with E-state index in [0.717, 1.165) is 6.04 Å². The highest BCUT2D eigenvalue weighted by Gasteiger charge is 2.28. The van der Waals surface area contributed by atoms with Gasteiger partial charge < -0.3 is 4.90 Å². The molecule has 0 aromatic heterocycles. The molecule has 0 saturated carbocycles. The molecule has 2 heterocycles. The van der Waals surface area contributed by atoms with Crippen LogP contribution in [0.3, 0.4) is 0 Å². The van der Waals surface area contributed by atoms with Crippen LogP contribution in [-0.4, -0.2) is 37.1 Å². The van der Waals surface area contributed by atoms with Crippen LogP contribution < -0.4 is 4.90 Å². The fourth-order valence-corrected chi connectivity index (χ4v) is 3.47. The number of benzene rings is 1. The lowest BCUT2D eigenvalue weighted by Gasteiger charge is -2.45. The van der Waals surface area contributed by atoms with Crippen LogP contribution in [0, 0.1) is 0 Å². The van der Waals surface area contributed by atoms with Crippen LogP contribution in [0.5, 0.6) is 0 Å². The van der Waals surface area contributed by atoms with Gasteiger partial charge in [0.15, 0.2) is 0 Å². The minimum absolute atomic E-state index is 0.621. The first-order chi connectivity index (χ1) is 9.24. The Balaban J connectivity index is 1.74. The molecule has 2 fully saturated rings. The summed E-state index contributed by atoms with van der Waals surface area (Å²) in [6.45, 7) is 9.54. The van der Waals surface area contributed by atoms with Gasteiger partial charge in [-0.1, -0.05) is 32.4 Å². The summed E-state index contributed by atoms with van der Waals surface area (Å²) in [5.41, 5.74) is 2.89. The largest absolute Gasteiger partial charge is 0.369 e. The van der Waals surface area contributed by atoms with Crippen molar-refractivity contribution in [2.24, 2.45) is 0 Å². The van der Waals surface area contributed by atoms with Crippen LogP contribution >= 0.6 is 0 Å². The molecular weight excluding hydrogens is 232 g/mol. The van der Waals surface area contributed by atoms with Crippen LogP contribution in [0.1, 0.15) is 44.6 Å². The monoisotopic (exact) mass is 258 g/mol. The topological polar surface area (TPSA) is 6.48 Å². The highest BCUT2D eigenvalue weighted by atomic mass is 15.3. The number of rotatable bonds is 2. The van der Waals surface area contributed by atoms with Gasteiger partial charge in [-0.15, -0.1) is 0 Å². The average molecular weight is 258 g/mol. The summed E-state index contributed by atoms with van der Waals surface area (Å²) in [6.07, 6.45) is 4.21. The van der Waals surface area contributed by atoms with Crippen molar-refractivity contribution in [3.63, 3.8) is 0 Å². The Morgan fingerprint density at radius 2 is 2.00 bits per heavy atom. The highest BCUT2D eigenvalue weighted by Crippen LogP contribution is 2.27. The number of fused-ring (bicyclic) bond motifs is 1. The maximum absolute atomic E-state index is 2.70. The minimum Gasteiger partial charge on any atom is -0.369 e. The molecule has 2 aliphatic rings. The van der Waals surface area contributed by atoms with Gasteiger partial charge in [0.2, 0.25) is 0 Å².